The first-order chi connectivity index (χ1) is 11.3. The van der Waals surface area contributed by atoms with E-state index in [-0.39, 0.29) is 6.09 Å². The summed E-state index contributed by atoms with van der Waals surface area (Å²) in [7, 11) is 0. The minimum Gasteiger partial charge on any atom is -0.438 e. The molecule has 0 aromatic heterocycles. The molecule has 2 aromatic rings. The molecular formula is C19H20N2O2. The zero-order valence-electron chi connectivity index (χ0n) is 13.0. The van der Waals surface area contributed by atoms with Gasteiger partial charge in [0.05, 0.1) is 5.69 Å². The van der Waals surface area contributed by atoms with E-state index < -0.39 is 5.60 Å². The van der Waals surface area contributed by atoms with Crippen molar-refractivity contribution in [1.82, 2.24) is 4.90 Å². The van der Waals surface area contributed by atoms with Gasteiger partial charge in [0, 0.05) is 38.0 Å². The molecule has 0 bridgehead atoms. The van der Waals surface area contributed by atoms with Gasteiger partial charge in [0.15, 0.2) is 0 Å². The lowest BCUT2D eigenvalue weighted by atomic mass is 9.82. The second kappa shape index (κ2) is 5.70. The number of para-hydroxylation sites is 1. The van der Waals surface area contributed by atoms with E-state index in [4.69, 9.17) is 4.74 Å². The standard InChI is InChI=1S/C19H20N2O2/c22-18-20-17-9-5-4-8-16(17)19(23-18)10-12-21(13-11-19)14-15-6-2-1-3-7-15/h1-9H,10-14H2,(H,20,22). The van der Waals surface area contributed by atoms with Gasteiger partial charge in [-0.25, -0.2) is 4.79 Å². The van der Waals surface area contributed by atoms with Crippen LogP contribution in [0.25, 0.3) is 0 Å². The molecule has 4 heteroatoms. The van der Waals surface area contributed by atoms with Crippen molar-refractivity contribution < 1.29 is 9.53 Å². The summed E-state index contributed by atoms with van der Waals surface area (Å²) in [4.78, 5) is 14.4. The molecule has 4 nitrogen and oxygen atoms in total. The summed E-state index contributed by atoms with van der Waals surface area (Å²) in [6.07, 6.45) is 1.34. The minimum absolute atomic E-state index is 0.333. The number of nitrogens with one attached hydrogen (secondary N) is 1. The first kappa shape index (κ1) is 14.3. The van der Waals surface area contributed by atoms with E-state index in [1.807, 2.05) is 24.3 Å². The second-order valence-corrected chi connectivity index (χ2v) is 6.32. The molecule has 0 aliphatic carbocycles. The van der Waals surface area contributed by atoms with Crippen LogP contribution in [0, 0.1) is 0 Å². The lowest BCUT2D eigenvalue weighted by Gasteiger charge is -2.44. The molecule has 0 unspecified atom stereocenters. The Kier molecular flexibility index (Phi) is 3.54. The van der Waals surface area contributed by atoms with E-state index in [1.165, 1.54) is 5.56 Å². The van der Waals surface area contributed by atoms with Crippen LogP contribution >= 0.6 is 0 Å². The van der Waals surface area contributed by atoms with E-state index in [1.54, 1.807) is 0 Å². The molecule has 0 atom stereocenters. The fourth-order valence-electron chi connectivity index (χ4n) is 3.64. The van der Waals surface area contributed by atoms with Gasteiger partial charge in [-0.2, -0.15) is 0 Å². The third-order valence-electron chi connectivity index (χ3n) is 4.86. The summed E-state index contributed by atoms with van der Waals surface area (Å²) >= 11 is 0. The van der Waals surface area contributed by atoms with Gasteiger partial charge in [-0.05, 0) is 11.6 Å². The Hall–Kier alpha value is -2.33. The van der Waals surface area contributed by atoms with Crippen molar-refractivity contribution in [2.24, 2.45) is 0 Å². The van der Waals surface area contributed by atoms with E-state index in [0.29, 0.717) is 0 Å². The molecule has 1 N–H and O–H groups in total. The summed E-state index contributed by atoms with van der Waals surface area (Å²) < 4.78 is 5.76. The zero-order valence-corrected chi connectivity index (χ0v) is 13.0. The summed E-state index contributed by atoms with van der Waals surface area (Å²) in [6.45, 7) is 2.80. The Morgan fingerprint density at radius 2 is 1.70 bits per heavy atom. The summed E-state index contributed by atoms with van der Waals surface area (Å²) in [5, 5.41) is 2.81. The number of nitrogens with zero attached hydrogens (tertiary/aromatic N) is 1. The van der Waals surface area contributed by atoms with Crippen molar-refractivity contribution >= 4 is 11.8 Å². The van der Waals surface area contributed by atoms with Crippen LogP contribution in [0.4, 0.5) is 10.5 Å². The molecule has 118 valence electrons. The highest BCUT2D eigenvalue weighted by molar-refractivity contribution is 5.88. The van der Waals surface area contributed by atoms with Gasteiger partial charge < -0.3 is 4.74 Å². The number of carbonyl (C=O) groups is 1. The van der Waals surface area contributed by atoms with Crippen molar-refractivity contribution in [3.8, 4) is 0 Å². The topological polar surface area (TPSA) is 41.6 Å². The van der Waals surface area contributed by atoms with Crippen molar-refractivity contribution in [2.45, 2.75) is 25.0 Å². The Balaban J connectivity index is 1.52. The fourth-order valence-corrected chi connectivity index (χ4v) is 3.64. The lowest BCUT2D eigenvalue weighted by Crippen LogP contribution is -2.48. The number of anilines is 1. The van der Waals surface area contributed by atoms with Crippen LogP contribution in [-0.4, -0.2) is 24.1 Å². The predicted molar refractivity (Wildman–Crippen MR) is 89.2 cm³/mol. The van der Waals surface area contributed by atoms with E-state index in [9.17, 15) is 4.79 Å². The van der Waals surface area contributed by atoms with Gasteiger partial charge in [0.1, 0.15) is 5.60 Å². The highest BCUT2D eigenvalue weighted by atomic mass is 16.6. The van der Waals surface area contributed by atoms with Gasteiger partial charge in [0.2, 0.25) is 0 Å². The summed E-state index contributed by atoms with van der Waals surface area (Å²) in [5.74, 6) is 0. The summed E-state index contributed by atoms with van der Waals surface area (Å²) in [5.41, 5.74) is 2.86. The van der Waals surface area contributed by atoms with Crippen LogP contribution in [0.3, 0.4) is 0 Å². The molecule has 23 heavy (non-hydrogen) atoms. The molecule has 1 spiro atoms. The lowest BCUT2D eigenvalue weighted by molar-refractivity contribution is -0.0393. The maximum absolute atomic E-state index is 11.9. The van der Waals surface area contributed by atoms with E-state index in [0.717, 1.165) is 43.7 Å². The number of likely N-dealkylation sites (tertiary alicyclic amines) is 1. The minimum atomic E-state index is -0.466. The number of benzene rings is 2. The maximum atomic E-state index is 11.9. The number of amides is 1. The number of rotatable bonds is 2. The van der Waals surface area contributed by atoms with E-state index >= 15 is 0 Å². The van der Waals surface area contributed by atoms with Crippen molar-refractivity contribution in [1.29, 1.82) is 0 Å². The number of hydrogen-bond donors (Lipinski definition) is 1. The van der Waals surface area contributed by atoms with E-state index in [2.05, 4.69) is 40.5 Å². The zero-order chi connectivity index (χ0) is 15.7. The molecule has 1 amide bonds. The first-order valence-corrected chi connectivity index (χ1v) is 8.11. The first-order valence-electron chi connectivity index (χ1n) is 8.11. The normalized spacial score (nSPS) is 19.7. The molecule has 2 aromatic carbocycles. The molecule has 0 saturated carbocycles. The predicted octanol–water partition coefficient (Wildman–Crippen LogP) is 3.74. The van der Waals surface area contributed by atoms with Crippen LogP contribution in [-0.2, 0) is 16.9 Å². The number of ether oxygens (including phenoxy) is 1. The van der Waals surface area contributed by atoms with Crippen molar-refractivity contribution in [3.63, 3.8) is 0 Å². The smallest absolute Gasteiger partial charge is 0.412 e. The molecule has 4 rings (SSSR count). The third-order valence-corrected chi connectivity index (χ3v) is 4.86. The Labute approximate surface area is 136 Å². The van der Waals surface area contributed by atoms with Crippen LogP contribution in [0.2, 0.25) is 0 Å². The maximum Gasteiger partial charge on any atom is 0.412 e. The van der Waals surface area contributed by atoms with Crippen LogP contribution in [0.1, 0.15) is 24.0 Å². The average Bonchev–Trinajstić information content (AvgIpc) is 2.58. The molecule has 2 heterocycles. The third kappa shape index (κ3) is 2.70. The van der Waals surface area contributed by atoms with Crippen molar-refractivity contribution in [3.05, 3.63) is 65.7 Å². The average molecular weight is 308 g/mol. The molecule has 0 radical (unpaired) electrons. The van der Waals surface area contributed by atoms with Crippen LogP contribution < -0.4 is 5.32 Å². The monoisotopic (exact) mass is 308 g/mol. The van der Waals surface area contributed by atoms with Gasteiger partial charge in [-0.1, -0.05) is 48.5 Å². The Morgan fingerprint density at radius 1 is 1.00 bits per heavy atom. The van der Waals surface area contributed by atoms with Gasteiger partial charge in [0.25, 0.3) is 0 Å². The molecule has 2 aliphatic rings. The van der Waals surface area contributed by atoms with Gasteiger partial charge in [-0.15, -0.1) is 0 Å². The largest absolute Gasteiger partial charge is 0.438 e. The molecule has 1 fully saturated rings. The number of carbonyl (C=O) groups excluding carboxylic acids is 1. The summed E-state index contributed by atoms with van der Waals surface area (Å²) in [6, 6.07) is 18.5. The molecule has 2 aliphatic heterocycles. The number of fused-ring (bicyclic) bond motifs is 2. The Morgan fingerprint density at radius 3 is 2.48 bits per heavy atom. The quantitative estimate of drug-likeness (QED) is 0.919. The van der Waals surface area contributed by atoms with Crippen LogP contribution in [0.5, 0.6) is 0 Å². The van der Waals surface area contributed by atoms with Crippen LogP contribution in [0.15, 0.2) is 54.6 Å². The fraction of sp³-hybridized carbons (Fsp3) is 0.316. The molecule has 1 saturated heterocycles. The highest BCUT2D eigenvalue weighted by Crippen LogP contribution is 2.43. The SMILES string of the molecule is O=C1Nc2ccccc2C2(CCN(Cc3ccccc3)CC2)O1. The van der Waals surface area contributed by atoms with Gasteiger partial charge >= 0.3 is 6.09 Å². The molecular weight excluding hydrogens is 288 g/mol. The number of piperidine rings is 1. The Bertz CT molecular complexity index is 706. The second-order valence-electron chi connectivity index (χ2n) is 6.32. The van der Waals surface area contributed by atoms with Gasteiger partial charge in [-0.3, -0.25) is 10.2 Å². The van der Waals surface area contributed by atoms with Crippen molar-refractivity contribution in [2.75, 3.05) is 18.4 Å². The highest BCUT2D eigenvalue weighted by Gasteiger charge is 2.44. The number of hydrogen-bond acceptors (Lipinski definition) is 3.